The van der Waals surface area contributed by atoms with E-state index in [1.165, 1.54) is 24.0 Å². The van der Waals surface area contributed by atoms with Crippen molar-refractivity contribution in [2.45, 2.75) is 37.9 Å². The summed E-state index contributed by atoms with van der Waals surface area (Å²) in [6.45, 7) is 3.02. The molecular weight excluding hydrogens is 236 g/mol. The van der Waals surface area contributed by atoms with Gasteiger partial charge in [0.1, 0.15) is 0 Å². The van der Waals surface area contributed by atoms with Crippen LogP contribution in [0.4, 0.5) is 0 Å². The van der Waals surface area contributed by atoms with Gasteiger partial charge in [-0.05, 0) is 45.0 Å². The molecule has 1 aliphatic carbocycles. The van der Waals surface area contributed by atoms with Gasteiger partial charge in [-0.3, -0.25) is 4.90 Å². The monoisotopic (exact) mass is 262 g/mol. The van der Waals surface area contributed by atoms with E-state index in [-0.39, 0.29) is 0 Å². The molecule has 1 aromatic rings. The lowest BCUT2D eigenvalue weighted by molar-refractivity contribution is 0.0696. The highest BCUT2D eigenvalue weighted by Gasteiger charge is 2.32. The summed E-state index contributed by atoms with van der Waals surface area (Å²) in [6.07, 6.45) is 2.37. The third-order valence-corrected chi connectivity index (χ3v) is 4.42. The van der Waals surface area contributed by atoms with Crippen molar-refractivity contribution in [3.05, 3.63) is 35.4 Å². The van der Waals surface area contributed by atoms with Gasteiger partial charge in [0.15, 0.2) is 0 Å². The van der Waals surface area contributed by atoms with E-state index in [9.17, 15) is 0 Å². The Balaban J connectivity index is 2.19. The van der Waals surface area contributed by atoms with E-state index in [2.05, 4.69) is 55.5 Å². The van der Waals surface area contributed by atoms with Crippen molar-refractivity contribution >= 4 is 0 Å². The number of aryl methyl sites for hydroxylation is 1. The largest absolute Gasteiger partial charge is 0.383 e. The van der Waals surface area contributed by atoms with Crippen LogP contribution in [0, 0.1) is 0 Å². The minimum atomic E-state index is 0.411. The van der Waals surface area contributed by atoms with Crippen molar-refractivity contribution < 1.29 is 4.74 Å². The highest BCUT2D eigenvalue weighted by molar-refractivity contribution is 5.34. The Morgan fingerprint density at radius 2 is 2.16 bits per heavy atom. The summed E-state index contributed by atoms with van der Waals surface area (Å²) < 4.78 is 5.29. The SMILES string of the molecule is CNC1c2ccccc2CCC1N(C)C(C)COC. The zero-order valence-electron chi connectivity index (χ0n) is 12.5. The molecule has 106 valence electrons. The van der Waals surface area contributed by atoms with Gasteiger partial charge >= 0.3 is 0 Å². The van der Waals surface area contributed by atoms with Crippen LogP contribution in [0.3, 0.4) is 0 Å². The van der Waals surface area contributed by atoms with Crippen LogP contribution in [0.2, 0.25) is 0 Å². The molecule has 1 N–H and O–H groups in total. The Morgan fingerprint density at radius 1 is 1.42 bits per heavy atom. The summed E-state index contributed by atoms with van der Waals surface area (Å²) in [5.74, 6) is 0. The molecule has 0 saturated carbocycles. The Labute approximate surface area is 116 Å². The third-order valence-electron chi connectivity index (χ3n) is 4.42. The number of rotatable bonds is 5. The van der Waals surface area contributed by atoms with E-state index >= 15 is 0 Å². The van der Waals surface area contributed by atoms with Crippen molar-refractivity contribution in [2.75, 3.05) is 27.8 Å². The number of hydrogen-bond acceptors (Lipinski definition) is 3. The molecule has 1 aromatic carbocycles. The van der Waals surface area contributed by atoms with E-state index in [1.54, 1.807) is 7.11 Å². The normalized spacial score (nSPS) is 24.3. The first-order valence-corrected chi connectivity index (χ1v) is 7.15. The predicted octanol–water partition coefficient (Wildman–Crippen LogP) is 2.23. The fourth-order valence-corrected chi connectivity index (χ4v) is 3.21. The molecule has 0 spiro atoms. The Hall–Kier alpha value is -0.900. The molecule has 0 heterocycles. The molecule has 3 nitrogen and oxygen atoms in total. The number of nitrogens with one attached hydrogen (secondary N) is 1. The van der Waals surface area contributed by atoms with Crippen molar-refractivity contribution in [3.63, 3.8) is 0 Å². The number of ether oxygens (including phenoxy) is 1. The molecule has 0 fully saturated rings. The summed E-state index contributed by atoms with van der Waals surface area (Å²) in [5.41, 5.74) is 2.95. The maximum absolute atomic E-state index is 5.29. The molecule has 0 aliphatic heterocycles. The molecule has 0 amide bonds. The van der Waals surface area contributed by atoms with Crippen LogP contribution in [0.25, 0.3) is 0 Å². The van der Waals surface area contributed by atoms with Crippen LogP contribution in [0.1, 0.15) is 30.5 Å². The van der Waals surface area contributed by atoms with Gasteiger partial charge in [0, 0.05) is 25.2 Å². The highest BCUT2D eigenvalue weighted by atomic mass is 16.5. The first-order chi connectivity index (χ1) is 9.19. The average Bonchev–Trinajstić information content (AvgIpc) is 2.45. The van der Waals surface area contributed by atoms with Crippen molar-refractivity contribution in [1.82, 2.24) is 10.2 Å². The fourth-order valence-electron chi connectivity index (χ4n) is 3.21. The summed E-state index contributed by atoms with van der Waals surface area (Å²) in [4.78, 5) is 2.46. The van der Waals surface area contributed by atoms with Crippen LogP contribution >= 0.6 is 0 Å². The molecule has 0 radical (unpaired) electrons. The number of nitrogens with zero attached hydrogens (tertiary/aromatic N) is 1. The Bertz CT molecular complexity index is 407. The molecule has 1 aliphatic rings. The zero-order valence-corrected chi connectivity index (χ0v) is 12.5. The molecule has 0 saturated heterocycles. The Morgan fingerprint density at radius 3 is 2.84 bits per heavy atom. The summed E-state index contributed by atoms with van der Waals surface area (Å²) in [5, 5.41) is 3.51. The molecule has 2 rings (SSSR count). The fraction of sp³-hybridized carbons (Fsp3) is 0.625. The van der Waals surface area contributed by atoms with Crippen molar-refractivity contribution in [3.8, 4) is 0 Å². The molecule has 3 atom stereocenters. The summed E-state index contributed by atoms with van der Waals surface area (Å²) in [6, 6.07) is 10.2. The first kappa shape index (κ1) is 14.5. The minimum absolute atomic E-state index is 0.411. The topological polar surface area (TPSA) is 24.5 Å². The quantitative estimate of drug-likeness (QED) is 0.880. The van der Waals surface area contributed by atoms with Gasteiger partial charge in [-0.25, -0.2) is 0 Å². The molecule has 0 bridgehead atoms. The standard InChI is InChI=1S/C16H26N2O/c1-12(11-19-4)18(3)15-10-9-13-7-5-6-8-14(13)16(15)17-2/h5-8,12,15-17H,9-11H2,1-4H3. The average molecular weight is 262 g/mol. The number of methoxy groups -OCH3 is 1. The lowest BCUT2D eigenvalue weighted by Gasteiger charge is -2.41. The van der Waals surface area contributed by atoms with Gasteiger partial charge in [0.2, 0.25) is 0 Å². The van der Waals surface area contributed by atoms with Crippen LogP contribution < -0.4 is 5.32 Å². The van der Waals surface area contributed by atoms with E-state index in [0.717, 1.165) is 6.61 Å². The molecule has 3 heteroatoms. The molecule has 3 unspecified atom stereocenters. The van der Waals surface area contributed by atoms with Crippen molar-refractivity contribution in [1.29, 1.82) is 0 Å². The Kier molecular flexibility index (Phi) is 4.97. The van der Waals surface area contributed by atoms with Crippen LogP contribution in [0.15, 0.2) is 24.3 Å². The van der Waals surface area contributed by atoms with E-state index in [4.69, 9.17) is 4.74 Å². The molecule has 19 heavy (non-hydrogen) atoms. The smallest absolute Gasteiger partial charge is 0.0615 e. The maximum atomic E-state index is 5.29. The van der Waals surface area contributed by atoms with Gasteiger partial charge in [-0.15, -0.1) is 0 Å². The van der Waals surface area contributed by atoms with Crippen LogP contribution in [-0.2, 0) is 11.2 Å². The van der Waals surface area contributed by atoms with Gasteiger partial charge in [0.05, 0.1) is 6.61 Å². The second-order valence-electron chi connectivity index (χ2n) is 5.54. The minimum Gasteiger partial charge on any atom is -0.383 e. The number of fused-ring (bicyclic) bond motifs is 1. The van der Waals surface area contributed by atoms with E-state index < -0.39 is 0 Å². The van der Waals surface area contributed by atoms with Crippen LogP contribution in [-0.4, -0.2) is 44.8 Å². The predicted molar refractivity (Wildman–Crippen MR) is 79.5 cm³/mol. The third kappa shape index (κ3) is 2.99. The van der Waals surface area contributed by atoms with Gasteiger partial charge < -0.3 is 10.1 Å². The lowest BCUT2D eigenvalue weighted by Crippen LogP contribution is -2.49. The van der Waals surface area contributed by atoms with Gasteiger partial charge in [0.25, 0.3) is 0 Å². The number of likely N-dealkylation sites (N-methyl/N-ethyl adjacent to an activating group) is 2. The number of benzene rings is 1. The van der Waals surface area contributed by atoms with Crippen molar-refractivity contribution in [2.24, 2.45) is 0 Å². The van der Waals surface area contributed by atoms with E-state index in [0.29, 0.717) is 18.1 Å². The molecule has 0 aromatic heterocycles. The second-order valence-corrected chi connectivity index (χ2v) is 5.54. The van der Waals surface area contributed by atoms with E-state index in [1.807, 2.05) is 0 Å². The molecular formula is C16H26N2O. The van der Waals surface area contributed by atoms with Gasteiger partial charge in [-0.2, -0.15) is 0 Å². The zero-order chi connectivity index (χ0) is 13.8. The van der Waals surface area contributed by atoms with Gasteiger partial charge in [-0.1, -0.05) is 24.3 Å². The number of hydrogen-bond donors (Lipinski definition) is 1. The second kappa shape index (κ2) is 6.51. The lowest BCUT2D eigenvalue weighted by atomic mass is 9.83. The summed E-state index contributed by atoms with van der Waals surface area (Å²) >= 11 is 0. The first-order valence-electron chi connectivity index (χ1n) is 7.15. The highest BCUT2D eigenvalue weighted by Crippen LogP contribution is 2.32. The summed E-state index contributed by atoms with van der Waals surface area (Å²) in [7, 11) is 6.05. The van der Waals surface area contributed by atoms with Crippen LogP contribution in [0.5, 0.6) is 0 Å². The maximum Gasteiger partial charge on any atom is 0.0615 e.